The number of allylic oxidation sites excluding steroid dienone is 5. The van der Waals surface area contributed by atoms with Crippen LogP contribution in [0.25, 0.3) is 11.1 Å². The molecule has 0 bridgehead atoms. The molecule has 514 valence electrons. The smallest absolute Gasteiger partial charge is 0.0109 e. The van der Waals surface area contributed by atoms with E-state index in [1.165, 1.54) is 123 Å². The van der Waals surface area contributed by atoms with Crippen molar-refractivity contribution < 1.29 is 62.2 Å². The average Bonchev–Trinajstić information content (AvgIpc) is 1.63. The normalized spacial score (nSPS) is 18.5. The van der Waals surface area contributed by atoms with Crippen molar-refractivity contribution in [1.29, 1.82) is 0 Å². The van der Waals surface area contributed by atoms with Gasteiger partial charge in [-0.05, 0) is 159 Å². The molecule has 0 N–H and O–H groups in total. The Labute approximate surface area is 637 Å². The van der Waals surface area contributed by atoms with Crippen molar-refractivity contribution in [3.63, 3.8) is 0 Å². The zero-order chi connectivity index (χ0) is 71.0. The SMILES string of the molecule is C=C1Cc2cc(C(C)(C)C)ccc2C1(C)C.C=C1Cc2cc(C(C)(C)C)ccc2C1=C.C=C1Cc2ccc(C(C)(C)C)cc2C1(C)C.C=C1c2cc(C(C)(C)C)ccc2CC1C.C[C-]1Cc2cc(C(C)(C)C)ccc2C1(C)C.C[C-]1Cc2ccc(C(C)(C)C)cc2C1(C)C.[U].[U]. The molecule has 96 heavy (non-hydrogen) atoms. The molecule has 0 spiro atoms. The number of fused-ring (bicyclic) bond motifs is 6. The summed E-state index contributed by atoms with van der Waals surface area (Å²) in [5.74, 6) is 3.80. The summed E-state index contributed by atoms with van der Waals surface area (Å²) in [6.45, 7) is 86.9. The predicted octanol–water partition coefficient (Wildman–Crippen LogP) is 25.9. The molecule has 2 heteroatoms. The molecule has 0 saturated heterocycles. The Bertz CT molecular complexity index is 3860. The van der Waals surface area contributed by atoms with E-state index in [9.17, 15) is 0 Å². The van der Waals surface area contributed by atoms with Crippen molar-refractivity contribution in [2.45, 2.75) is 293 Å². The van der Waals surface area contributed by atoms with Crippen LogP contribution in [0.2, 0.25) is 0 Å². The van der Waals surface area contributed by atoms with Crippen LogP contribution in [0.4, 0.5) is 0 Å². The summed E-state index contributed by atoms with van der Waals surface area (Å²) in [5.41, 5.74) is 34.7. The minimum absolute atomic E-state index is 0. The van der Waals surface area contributed by atoms with Crippen molar-refractivity contribution in [1.82, 2.24) is 0 Å². The third-order valence-electron chi connectivity index (χ3n) is 22.8. The van der Waals surface area contributed by atoms with Crippen molar-refractivity contribution >= 4 is 11.1 Å². The average molecular weight is 1730 g/mol. The standard InChI is InChI=1S/C16H23.C16H22.C16H23.C16H22.C15H18.C15H20.2U/c2*1-11-9-12-10-13(15(2,3)4)7-8-14(12)16(11,5)6;2*1-11-9-12-7-8-13(15(2,3)4)10-14(12)16(11,5)6;1-10-8-12-9-13(15(3,4)5)6-7-14(12)11(10)2;1-10-8-12-6-7-13(15(3,4)5)9-14(12)11(10)2;;/h7-8,10H,9H2,1-6H3;7-8,10H,1,9H2,2-6H3;7-8,10H,9H2,1-6H3;7-8,10H,1,9H2,2-6H3;6-7,9H,1-2,8H2,3-5H3;6-7,9-10H,2,8H2,1,3-5H3;;/q-1;;-1;;;;;. The van der Waals surface area contributed by atoms with Gasteiger partial charge in [0.1, 0.15) is 0 Å². The quantitative estimate of drug-likeness (QED) is 0.105. The van der Waals surface area contributed by atoms with Crippen LogP contribution in [0.3, 0.4) is 0 Å². The molecule has 1 atom stereocenters. The summed E-state index contributed by atoms with van der Waals surface area (Å²) in [7, 11) is 0. The first-order valence-corrected chi connectivity index (χ1v) is 35.6. The van der Waals surface area contributed by atoms with Crippen LogP contribution in [0.15, 0.2) is 159 Å². The maximum atomic E-state index is 4.21. The molecule has 6 aromatic carbocycles. The molecule has 0 heterocycles. The summed E-state index contributed by atoms with van der Waals surface area (Å²) in [6.07, 6.45) is 6.55. The molecule has 0 amide bonds. The van der Waals surface area contributed by atoms with Gasteiger partial charge in [-0.3, -0.25) is 0 Å². The Morgan fingerprint density at radius 1 is 0.344 bits per heavy atom. The summed E-state index contributed by atoms with van der Waals surface area (Å²) < 4.78 is 0. The molecule has 0 fully saturated rings. The molecular formula is C94H128U2-2. The van der Waals surface area contributed by atoms with Gasteiger partial charge in [0.2, 0.25) is 0 Å². The van der Waals surface area contributed by atoms with Gasteiger partial charge in [0.25, 0.3) is 0 Å². The minimum atomic E-state index is 0. The van der Waals surface area contributed by atoms with Crippen LogP contribution in [-0.4, -0.2) is 0 Å². The van der Waals surface area contributed by atoms with Gasteiger partial charge < -0.3 is 11.8 Å². The van der Waals surface area contributed by atoms with Crippen LogP contribution >= 0.6 is 0 Å². The van der Waals surface area contributed by atoms with E-state index < -0.39 is 0 Å². The number of benzene rings is 6. The molecular weight excluding hydrogens is 1610 g/mol. The van der Waals surface area contributed by atoms with E-state index in [0.29, 0.717) is 5.92 Å². The number of rotatable bonds is 0. The molecule has 6 aliphatic carbocycles. The maximum Gasteiger partial charge on any atom is 0.0109 e. The Hall–Kier alpha value is -3.88. The van der Waals surface area contributed by atoms with Crippen molar-refractivity contribution in [2.75, 3.05) is 0 Å². The number of hydrogen-bond donors (Lipinski definition) is 0. The molecule has 1 unspecified atom stereocenters. The molecule has 6 aromatic rings. The largest absolute Gasteiger partial charge is 0.303 e. The topological polar surface area (TPSA) is 0 Å². The molecule has 0 nitrogen and oxygen atoms in total. The van der Waals surface area contributed by atoms with Gasteiger partial charge >= 0.3 is 0 Å². The van der Waals surface area contributed by atoms with E-state index in [1.807, 2.05) is 0 Å². The minimum Gasteiger partial charge on any atom is -0.303 e. The molecule has 12 rings (SSSR count). The van der Waals surface area contributed by atoms with Crippen LogP contribution < -0.4 is 0 Å². The fraction of sp³-hybridized carbons (Fsp3) is 0.489. The summed E-state index contributed by atoms with van der Waals surface area (Å²) in [4.78, 5) is 0. The van der Waals surface area contributed by atoms with Gasteiger partial charge in [-0.1, -0.05) is 362 Å². The second-order valence-electron chi connectivity index (χ2n) is 37.6. The van der Waals surface area contributed by atoms with Crippen molar-refractivity contribution in [3.05, 3.63) is 271 Å². The molecule has 0 saturated carbocycles. The van der Waals surface area contributed by atoms with Crippen molar-refractivity contribution in [3.8, 4) is 0 Å². The first kappa shape index (κ1) is 82.8. The maximum absolute atomic E-state index is 4.21. The molecule has 0 radical (unpaired) electrons. The third-order valence-corrected chi connectivity index (χ3v) is 22.8. The Balaban J connectivity index is 0.000000208. The predicted molar refractivity (Wildman–Crippen MR) is 418 cm³/mol. The third kappa shape index (κ3) is 18.2. The van der Waals surface area contributed by atoms with E-state index in [2.05, 4.69) is 343 Å². The van der Waals surface area contributed by atoms with E-state index in [1.54, 1.807) is 11.8 Å². The van der Waals surface area contributed by atoms with Gasteiger partial charge in [-0.25, -0.2) is 0 Å². The van der Waals surface area contributed by atoms with E-state index in [0.717, 1.165) is 43.3 Å². The van der Waals surface area contributed by atoms with Gasteiger partial charge in [0, 0.05) is 73.1 Å². The van der Waals surface area contributed by atoms with Crippen LogP contribution in [0, 0.1) is 80.0 Å². The van der Waals surface area contributed by atoms with Gasteiger partial charge in [0.05, 0.1) is 0 Å². The second-order valence-corrected chi connectivity index (χ2v) is 37.6. The van der Waals surface area contributed by atoms with Crippen LogP contribution in [0.5, 0.6) is 0 Å². The molecule has 0 aliphatic heterocycles. The van der Waals surface area contributed by atoms with Crippen molar-refractivity contribution in [2.24, 2.45) is 5.92 Å². The summed E-state index contributed by atoms with van der Waals surface area (Å²) in [6, 6.07) is 41.6. The molecule has 0 aromatic heterocycles. The van der Waals surface area contributed by atoms with Gasteiger partial charge in [-0.2, -0.15) is 26.7 Å². The summed E-state index contributed by atoms with van der Waals surface area (Å²) in [5, 5.41) is 0. The fourth-order valence-corrected chi connectivity index (χ4v) is 14.2. The first-order chi connectivity index (χ1) is 42.7. The Kier molecular flexibility index (Phi) is 25.5. The zero-order valence-electron chi connectivity index (χ0n) is 66.2. The number of hydrogen-bond acceptors (Lipinski definition) is 0. The summed E-state index contributed by atoms with van der Waals surface area (Å²) >= 11 is 0. The van der Waals surface area contributed by atoms with E-state index in [-0.39, 0.29) is 116 Å². The zero-order valence-corrected chi connectivity index (χ0v) is 74.6. The van der Waals surface area contributed by atoms with E-state index in [4.69, 9.17) is 0 Å². The van der Waals surface area contributed by atoms with Crippen LogP contribution in [-0.2, 0) is 92.7 Å². The van der Waals surface area contributed by atoms with Crippen LogP contribution in [0.1, 0.15) is 301 Å². The first-order valence-electron chi connectivity index (χ1n) is 35.6. The van der Waals surface area contributed by atoms with E-state index >= 15 is 0 Å². The Morgan fingerprint density at radius 3 is 1.17 bits per heavy atom. The monoisotopic (exact) mass is 1730 g/mol. The fourth-order valence-electron chi connectivity index (χ4n) is 14.2. The Morgan fingerprint density at radius 2 is 0.688 bits per heavy atom. The molecule has 6 aliphatic rings. The van der Waals surface area contributed by atoms with Gasteiger partial charge in [-0.15, -0.1) is 10.8 Å². The van der Waals surface area contributed by atoms with Gasteiger partial charge in [0.15, 0.2) is 0 Å². The second kappa shape index (κ2) is 29.6.